The van der Waals surface area contributed by atoms with Crippen LogP contribution >= 0.6 is 11.6 Å². The summed E-state index contributed by atoms with van der Waals surface area (Å²) < 4.78 is 1.88. The molecule has 0 radical (unpaired) electrons. The second-order valence-corrected chi connectivity index (χ2v) is 8.65. The Kier molecular flexibility index (Phi) is 6.17. The maximum absolute atomic E-state index is 12.6. The van der Waals surface area contributed by atoms with Crippen LogP contribution in [0.1, 0.15) is 17.3 Å². The zero-order valence-corrected chi connectivity index (χ0v) is 19.7. The Labute approximate surface area is 206 Å². The monoisotopic (exact) mass is 484 g/mol. The molecule has 1 N–H and O–H groups in total. The van der Waals surface area contributed by atoms with Gasteiger partial charge in [0.05, 0.1) is 10.5 Å². The van der Waals surface area contributed by atoms with Gasteiger partial charge < -0.3 is 10.2 Å². The molecule has 1 aromatic carbocycles. The Morgan fingerprint density at radius 1 is 1.14 bits per heavy atom. The fraction of sp³-hybridized carbons (Fsp3) is 0.192. The van der Waals surface area contributed by atoms with Gasteiger partial charge in [0.15, 0.2) is 0 Å². The second-order valence-electron chi connectivity index (χ2n) is 8.25. The average molecular weight is 485 g/mol. The first-order chi connectivity index (χ1) is 17.0. The number of amides is 2. The number of benzene rings is 1. The van der Waals surface area contributed by atoms with Crippen LogP contribution in [0.4, 0.5) is 5.82 Å². The molecule has 174 valence electrons. The molecule has 1 aliphatic heterocycles. The summed E-state index contributed by atoms with van der Waals surface area (Å²) in [7, 11) is 0. The molecule has 0 aliphatic carbocycles. The van der Waals surface area contributed by atoms with Gasteiger partial charge in [0.25, 0.3) is 11.8 Å². The molecule has 1 saturated heterocycles. The molecule has 0 atom stereocenters. The molecule has 8 nitrogen and oxygen atoms in total. The van der Waals surface area contributed by atoms with E-state index < -0.39 is 0 Å². The van der Waals surface area contributed by atoms with E-state index in [1.54, 1.807) is 54.7 Å². The van der Waals surface area contributed by atoms with Crippen LogP contribution < -0.4 is 5.32 Å². The van der Waals surface area contributed by atoms with E-state index in [1.807, 2.05) is 22.9 Å². The minimum absolute atomic E-state index is 0.149. The Morgan fingerprint density at radius 3 is 2.66 bits per heavy atom. The second kappa shape index (κ2) is 9.57. The number of pyridine rings is 2. The van der Waals surface area contributed by atoms with E-state index in [-0.39, 0.29) is 17.7 Å². The predicted octanol–water partition coefficient (Wildman–Crippen LogP) is 3.88. The summed E-state index contributed by atoms with van der Waals surface area (Å²) in [6.45, 7) is 3.54. The molecule has 4 heterocycles. The first-order valence-electron chi connectivity index (χ1n) is 11.1. The van der Waals surface area contributed by atoms with Crippen LogP contribution in [0.25, 0.3) is 22.2 Å². The number of carbonyl (C=O) groups is 2. The standard InChI is InChI=1S/C26H21ClN6O2/c1-2-5-23(34)32-14-17(15-32)16-33-25-20(12-28-13-21(25)27)24(31-33)18-7-9-19(10-8-18)26(35)30-22-6-3-4-11-29-22/h3-4,6-13,17H,14-16H2,1H3,(H,29,30,35). The van der Waals surface area contributed by atoms with Crippen molar-refractivity contribution in [2.75, 3.05) is 18.4 Å². The van der Waals surface area contributed by atoms with Crippen LogP contribution in [-0.4, -0.2) is 49.6 Å². The third-order valence-electron chi connectivity index (χ3n) is 5.84. The number of halogens is 1. The van der Waals surface area contributed by atoms with Gasteiger partial charge in [-0.2, -0.15) is 5.10 Å². The number of hydrogen-bond acceptors (Lipinski definition) is 5. The highest BCUT2D eigenvalue weighted by atomic mass is 35.5. The lowest BCUT2D eigenvalue weighted by Gasteiger charge is -2.38. The largest absolute Gasteiger partial charge is 0.331 e. The van der Waals surface area contributed by atoms with Crippen molar-refractivity contribution in [3.63, 3.8) is 0 Å². The fourth-order valence-electron chi connectivity index (χ4n) is 4.12. The predicted molar refractivity (Wildman–Crippen MR) is 134 cm³/mol. The van der Waals surface area contributed by atoms with Gasteiger partial charge in [-0.25, -0.2) is 4.98 Å². The number of likely N-dealkylation sites (tertiary alicyclic amines) is 1. The number of nitrogens with one attached hydrogen (secondary N) is 1. The molecule has 0 spiro atoms. The van der Waals surface area contributed by atoms with Gasteiger partial charge in [0.1, 0.15) is 11.5 Å². The minimum Gasteiger partial charge on any atom is -0.331 e. The number of hydrogen-bond donors (Lipinski definition) is 1. The molecular weight excluding hydrogens is 464 g/mol. The zero-order chi connectivity index (χ0) is 24.4. The van der Waals surface area contributed by atoms with Crippen LogP contribution in [0.2, 0.25) is 5.02 Å². The van der Waals surface area contributed by atoms with Crippen molar-refractivity contribution in [3.8, 4) is 23.1 Å². The summed E-state index contributed by atoms with van der Waals surface area (Å²) in [4.78, 5) is 34.6. The maximum Gasteiger partial charge on any atom is 0.298 e. The van der Waals surface area contributed by atoms with Crippen molar-refractivity contribution in [2.24, 2.45) is 5.92 Å². The average Bonchev–Trinajstić information content (AvgIpc) is 3.21. The number of carbonyl (C=O) groups excluding carboxylic acids is 2. The summed E-state index contributed by atoms with van der Waals surface area (Å²) in [6, 6.07) is 12.5. The van der Waals surface area contributed by atoms with Crippen molar-refractivity contribution >= 4 is 40.1 Å². The molecule has 2 amide bonds. The molecule has 35 heavy (non-hydrogen) atoms. The molecule has 9 heteroatoms. The fourth-order valence-corrected chi connectivity index (χ4v) is 4.38. The van der Waals surface area contributed by atoms with Gasteiger partial charge in [0, 0.05) is 60.7 Å². The van der Waals surface area contributed by atoms with Crippen molar-refractivity contribution < 1.29 is 9.59 Å². The number of fused-ring (bicyclic) bond motifs is 1. The van der Waals surface area contributed by atoms with Gasteiger partial charge in [0.2, 0.25) is 0 Å². The van der Waals surface area contributed by atoms with Crippen molar-refractivity contribution in [1.82, 2.24) is 24.6 Å². The lowest BCUT2D eigenvalue weighted by molar-refractivity contribution is -0.131. The number of nitrogens with zero attached hydrogens (tertiary/aromatic N) is 5. The van der Waals surface area contributed by atoms with E-state index in [9.17, 15) is 9.59 Å². The Hall–Kier alpha value is -4.22. The van der Waals surface area contributed by atoms with Gasteiger partial charge in [-0.05, 0) is 37.1 Å². The third-order valence-corrected chi connectivity index (χ3v) is 6.12. The van der Waals surface area contributed by atoms with Gasteiger partial charge in [-0.15, -0.1) is 0 Å². The van der Waals surface area contributed by atoms with Gasteiger partial charge in [-0.3, -0.25) is 19.3 Å². The van der Waals surface area contributed by atoms with E-state index in [2.05, 4.69) is 27.1 Å². The first-order valence-corrected chi connectivity index (χ1v) is 11.5. The quantitative estimate of drug-likeness (QED) is 0.434. The molecule has 0 unspecified atom stereocenters. The lowest BCUT2D eigenvalue weighted by atomic mass is 10.00. The summed E-state index contributed by atoms with van der Waals surface area (Å²) in [6.07, 6.45) is 4.97. The summed E-state index contributed by atoms with van der Waals surface area (Å²) in [5.41, 5.74) is 2.88. The number of anilines is 1. The van der Waals surface area contributed by atoms with E-state index in [1.165, 1.54) is 0 Å². The topological polar surface area (TPSA) is 93.0 Å². The van der Waals surface area contributed by atoms with Crippen LogP contribution in [0.15, 0.2) is 61.1 Å². The first kappa shape index (κ1) is 22.6. The Balaban J connectivity index is 1.38. The maximum atomic E-state index is 12.6. The molecule has 3 aromatic heterocycles. The van der Waals surface area contributed by atoms with E-state index in [0.29, 0.717) is 36.0 Å². The molecule has 1 fully saturated rings. The van der Waals surface area contributed by atoms with Gasteiger partial charge in [-0.1, -0.05) is 35.7 Å². The highest BCUT2D eigenvalue weighted by molar-refractivity contribution is 6.35. The number of aromatic nitrogens is 4. The summed E-state index contributed by atoms with van der Waals surface area (Å²) >= 11 is 6.51. The zero-order valence-electron chi connectivity index (χ0n) is 18.9. The van der Waals surface area contributed by atoms with Crippen LogP contribution in [0.5, 0.6) is 0 Å². The van der Waals surface area contributed by atoms with E-state index in [0.717, 1.165) is 22.2 Å². The minimum atomic E-state index is -0.243. The van der Waals surface area contributed by atoms with Crippen LogP contribution in [0, 0.1) is 17.8 Å². The highest BCUT2D eigenvalue weighted by Crippen LogP contribution is 2.33. The Bertz CT molecular complexity index is 1470. The SMILES string of the molecule is CC#CC(=O)N1CC(Cn2nc(-c3ccc(C(=O)Nc4ccccn4)cc3)c3cncc(Cl)c32)C1. The van der Waals surface area contributed by atoms with Crippen LogP contribution in [-0.2, 0) is 11.3 Å². The van der Waals surface area contributed by atoms with E-state index in [4.69, 9.17) is 16.7 Å². The normalized spacial score (nSPS) is 13.1. The van der Waals surface area contributed by atoms with Gasteiger partial charge >= 0.3 is 0 Å². The molecular formula is C26H21ClN6O2. The van der Waals surface area contributed by atoms with Crippen LogP contribution in [0.3, 0.4) is 0 Å². The Morgan fingerprint density at radius 2 is 1.94 bits per heavy atom. The summed E-state index contributed by atoms with van der Waals surface area (Å²) in [5, 5.41) is 8.96. The van der Waals surface area contributed by atoms with E-state index >= 15 is 0 Å². The lowest BCUT2D eigenvalue weighted by Crippen LogP contribution is -2.51. The number of rotatable bonds is 5. The van der Waals surface area contributed by atoms with Crippen molar-refractivity contribution in [3.05, 3.63) is 71.6 Å². The van der Waals surface area contributed by atoms with Crippen molar-refractivity contribution in [2.45, 2.75) is 13.5 Å². The van der Waals surface area contributed by atoms with Crippen molar-refractivity contribution in [1.29, 1.82) is 0 Å². The molecule has 1 aliphatic rings. The highest BCUT2D eigenvalue weighted by Gasteiger charge is 2.31. The molecule has 0 bridgehead atoms. The molecule has 5 rings (SSSR count). The summed E-state index contributed by atoms with van der Waals surface area (Å²) in [5.74, 6) is 5.58. The third kappa shape index (κ3) is 4.59. The smallest absolute Gasteiger partial charge is 0.298 e. The molecule has 0 saturated carbocycles. The molecule has 4 aromatic rings.